The van der Waals surface area contributed by atoms with Crippen LogP contribution in [0.5, 0.6) is 0 Å². The second-order valence-electron chi connectivity index (χ2n) is 5.51. The monoisotopic (exact) mass is 380 g/mol. The first kappa shape index (κ1) is 19.4. The molecule has 1 fully saturated rings. The van der Waals surface area contributed by atoms with Crippen LogP contribution in [-0.2, 0) is 14.8 Å². The van der Waals surface area contributed by atoms with Gasteiger partial charge in [0, 0.05) is 25.7 Å². The topological polar surface area (TPSA) is 128 Å². The van der Waals surface area contributed by atoms with Gasteiger partial charge in [0.1, 0.15) is 5.69 Å². The molecule has 1 atom stereocenters. The van der Waals surface area contributed by atoms with Gasteiger partial charge in [-0.2, -0.15) is 0 Å². The van der Waals surface area contributed by atoms with E-state index < -0.39 is 33.2 Å². The van der Waals surface area contributed by atoms with Gasteiger partial charge in [0.25, 0.3) is 12.1 Å². The first-order chi connectivity index (χ1) is 11.7. The summed E-state index contributed by atoms with van der Waals surface area (Å²) < 4.78 is 52.9. The summed E-state index contributed by atoms with van der Waals surface area (Å²) in [4.78, 5) is 11.6. The van der Waals surface area contributed by atoms with Crippen molar-refractivity contribution >= 4 is 21.4 Å². The number of sulfonamides is 1. The van der Waals surface area contributed by atoms with E-state index in [4.69, 9.17) is 9.88 Å². The summed E-state index contributed by atoms with van der Waals surface area (Å²) in [5.41, 5.74) is -0.362. The zero-order valence-corrected chi connectivity index (χ0v) is 13.9. The molecule has 0 aliphatic carbocycles. The fourth-order valence-corrected chi connectivity index (χ4v) is 3.01. The minimum atomic E-state index is -4.06. The average Bonchev–Trinajstić information content (AvgIpc) is 2.51. The number of alkyl halides is 2. The molecule has 140 valence electrons. The molecule has 0 aromatic heterocycles. The third kappa shape index (κ3) is 5.56. The zero-order chi connectivity index (χ0) is 18.6. The maximum Gasteiger partial charge on any atom is 0.293 e. The molecule has 12 heteroatoms. The van der Waals surface area contributed by atoms with Crippen LogP contribution in [-0.4, -0.2) is 63.6 Å². The number of benzene rings is 1. The number of anilines is 1. The third-order valence-electron chi connectivity index (χ3n) is 3.63. The van der Waals surface area contributed by atoms with Crippen LogP contribution >= 0.6 is 0 Å². The molecule has 0 amide bonds. The lowest BCUT2D eigenvalue weighted by Gasteiger charge is -2.32. The number of hydrogen-bond donors (Lipinski definition) is 2. The Bertz CT molecular complexity index is 731. The molecule has 3 N–H and O–H groups in total. The maximum absolute atomic E-state index is 12.4. The summed E-state index contributed by atoms with van der Waals surface area (Å²) in [5.74, 6) is 0. The summed E-state index contributed by atoms with van der Waals surface area (Å²) >= 11 is 0. The highest BCUT2D eigenvalue weighted by Gasteiger charge is 2.24. The van der Waals surface area contributed by atoms with Crippen LogP contribution in [0.25, 0.3) is 0 Å². The smallest absolute Gasteiger partial charge is 0.293 e. The Labute approximate surface area is 142 Å². The van der Waals surface area contributed by atoms with Crippen LogP contribution < -0.4 is 10.5 Å². The van der Waals surface area contributed by atoms with Crippen molar-refractivity contribution in [1.82, 2.24) is 4.90 Å². The Balaban J connectivity index is 2.06. The molecule has 0 spiro atoms. The lowest BCUT2D eigenvalue weighted by atomic mass is 10.2. The summed E-state index contributed by atoms with van der Waals surface area (Å²) in [6.07, 6.45) is -2.87. The minimum absolute atomic E-state index is 0.0898. The van der Waals surface area contributed by atoms with Crippen molar-refractivity contribution in [2.24, 2.45) is 5.14 Å². The summed E-state index contributed by atoms with van der Waals surface area (Å²) in [7, 11) is -4.06. The summed E-state index contributed by atoms with van der Waals surface area (Å²) in [6, 6.07) is 3.25. The van der Waals surface area contributed by atoms with Gasteiger partial charge in [0.15, 0.2) is 0 Å². The van der Waals surface area contributed by atoms with E-state index in [0.29, 0.717) is 6.54 Å². The molecule has 1 saturated heterocycles. The van der Waals surface area contributed by atoms with Gasteiger partial charge in [-0.1, -0.05) is 0 Å². The molecule has 1 aliphatic rings. The van der Waals surface area contributed by atoms with Gasteiger partial charge in [-0.15, -0.1) is 0 Å². The average molecular weight is 380 g/mol. The second-order valence-corrected chi connectivity index (χ2v) is 7.07. The molecular formula is C13H18F2N4O5S. The lowest BCUT2D eigenvalue weighted by Crippen LogP contribution is -2.46. The van der Waals surface area contributed by atoms with Gasteiger partial charge in [-0.25, -0.2) is 22.3 Å². The first-order valence-corrected chi connectivity index (χ1v) is 8.88. The van der Waals surface area contributed by atoms with E-state index >= 15 is 0 Å². The predicted octanol–water partition coefficient (Wildman–Crippen LogP) is 0.620. The predicted molar refractivity (Wildman–Crippen MR) is 85.1 cm³/mol. The van der Waals surface area contributed by atoms with E-state index in [1.54, 1.807) is 4.90 Å². The zero-order valence-electron chi connectivity index (χ0n) is 13.1. The highest BCUT2D eigenvalue weighted by molar-refractivity contribution is 7.89. The number of nitro benzene ring substituents is 1. The first-order valence-electron chi connectivity index (χ1n) is 7.34. The fourth-order valence-electron chi connectivity index (χ4n) is 2.48. The Hall–Kier alpha value is -1.89. The van der Waals surface area contributed by atoms with E-state index in [1.807, 2.05) is 0 Å². The summed E-state index contributed by atoms with van der Waals surface area (Å²) in [6.45, 7) is 0.730. The number of nitrogens with zero attached hydrogens (tertiary/aromatic N) is 2. The summed E-state index contributed by atoms with van der Waals surface area (Å²) in [5, 5.41) is 18.9. The van der Waals surface area contributed by atoms with Crippen LogP contribution in [0.15, 0.2) is 23.1 Å². The van der Waals surface area contributed by atoms with Gasteiger partial charge in [-0.05, 0) is 12.1 Å². The standard InChI is InChI=1S/C13H18F2N4O5S/c14-13(15)8-18-3-4-24-9(7-18)6-17-11-2-1-10(25(16,22)23)5-12(11)19(20)21/h1-2,5,9,13,17H,3-4,6-8H2,(H2,16,22,23). The Morgan fingerprint density at radius 1 is 1.48 bits per heavy atom. The molecule has 2 rings (SSSR count). The molecule has 1 heterocycles. The van der Waals surface area contributed by atoms with Crippen LogP contribution in [0.2, 0.25) is 0 Å². The molecule has 1 unspecified atom stereocenters. The van der Waals surface area contributed by atoms with Gasteiger partial charge < -0.3 is 10.1 Å². The van der Waals surface area contributed by atoms with Crippen molar-refractivity contribution in [3.05, 3.63) is 28.3 Å². The number of ether oxygens (including phenoxy) is 1. The van der Waals surface area contributed by atoms with E-state index in [0.717, 1.165) is 12.1 Å². The van der Waals surface area contributed by atoms with Crippen molar-refractivity contribution in [2.45, 2.75) is 17.4 Å². The fraction of sp³-hybridized carbons (Fsp3) is 0.538. The number of nitro groups is 1. The van der Waals surface area contributed by atoms with E-state index in [2.05, 4.69) is 5.32 Å². The van der Waals surface area contributed by atoms with Gasteiger partial charge in [0.2, 0.25) is 10.0 Å². The Morgan fingerprint density at radius 3 is 2.80 bits per heavy atom. The third-order valence-corrected chi connectivity index (χ3v) is 4.54. The molecule has 1 aromatic rings. The van der Waals surface area contributed by atoms with Gasteiger partial charge in [-0.3, -0.25) is 15.0 Å². The number of rotatable bonds is 7. The van der Waals surface area contributed by atoms with E-state index in [1.165, 1.54) is 6.07 Å². The van der Waals surface area contributed by atoms with Crippen LogP contribution in [0, 0.1) is 10.1 Å². The van der Waals surface area contributed by atoms with Crippen molar-refractivity contribution < 1.29 is 26.9 Å². The number of morpholine rings is 1. The van der Waals surface area contributed by atoms with Crippen molar-refractivity contribution in [3.63, 3.8) is 0 Å². The number of hydrogen-bond acceptors (Lipinski definition) is 7. The largest absolute Gasteiger partial charge is 0.377 e. The minimum Gasteiger partial charge on any atom is -0.377 e. The lowest BCUT2D eigenvalue weighted by molar-refractivity contribution is -0.384. The number of nitrogens with one attached hydrogen (secondary N) is 1. The molecule has 9 nitrogen and oxygen atoms in total. The van der Waals surface area contributed by atoms with Crippen molar-refractivity contribution in [3.8, 4) is 0 Å². The normalized spacial score (nSPS) is 19.1. The molecule has 0 saturated carbocycles. The van der Waals surface area contributed by atoms with Crippen molar-refractivity contribution in [2.75, 3.05) is 38.1 Å². The van der Waals surface area contributed by atoms with Crippen LogP contribution in [0.4, 0.5) is 20.2 Å². The maximum atomic E-state index is 12.4. The quantitative estimate of drug-likeness (QED) is 0.524. The SMILES string of the molecule is NS(=O)(=O)c1ccc(NCC2CN(CC(F)F)CCO2)c([N+](=O)[O-])c1. The highest BCUT2D eigenvalue weighted by Crippen LogP contribution is 2.27. The van der Waals surface area contributed by atoms with Crippen LogP contribution in [0.1, 0.15) is 0 Å². The highest BCUT2D eigenvalue weighted by atomic mass is 32.2. The number of primary sulfonamides is 1. The molecule has 0 bridgehead atoms. The van der Waals surface area contributed by atoms with E-state index in [9.17, 15) is 27.3 Å². The van der Waals surface area contributed by atoms with Gasteiger partial charge >= 0.3 is 0 Å². The molecule has 1 aromatic carbocycles. The molecule has 0 radical (unpaired) electrons. The molecular weight excluding hydrogens is 362 g/mol. The number of nitrogens with two attached hydrogens (primary N) is 1. The van der Waals surface area contributed by atoms with Crippen LogP contribution in [0.3, 0.4) is 0 Å². The Morgan fingerprint density at radius 2 is 2.20 bits per heavy atom. The van der Waals surface area contributed by atoms with Gasteiger partial charge in [0.05, 0.1) is 29.1 Å². The molecule has 1 aliphatic heterocycles. The Kier molecular flexibility index (Phi) is 6.21. The second kappa shape index (κ2) is 7.99. The van der Waals surface area contributed by atoms with E-state index in [-0.39, 0.29) is 36.8 Å². The molecule has 25 heavy (non-hydrogen) atoms. The van der Waals surface area contributed by atoms with Crippen molar-refractivity contribution in [1.29, 1.82) is 0 Å². The number of halogens is 2.